The van der Waals surface area contributed by atoms with Crippen LogP contribution >= 0.6 is 15.9 Å². The first-order valence-corrected chi connectivity index (χ1v) is 4.66. The summed E-state index contributed by atoms with van der Waals surface area (Å²) in [6.45, 7) is 0. The molecule has 2 rings (SSSR count). The molecular formula is C8H6BrN5. The largest absolute Gasteiger partial charge is 0.309 e. The third kappa shape index (κ3) is 2.23. The van der Waals surface area contributed by atoms with Gasteiger partial charge in [-0.25, -0.2) is 19.9 Å². The molecule has 0 aliphatic carbocycles. The van der Waals surface area contributed by atoms with Crippen molar-refractivity contribution in [1.82, 2.24) is 19.9 Å². The van der Waals surface area contributed by atoms with Gasteiger partial charge in [0.05, 0.1) is 0 Å². The van der Waals surface area contributed by atoms with Crippen molar-refractivity contribution < 1.29 is 0 Å². The minimum atomic E-state index is 0.512. The molecule has 0 fully saturated rings. The molecule has 0 atom stereocenters. The molecule has 6 heteroatoms. The summed E-state index contributed by atoms with van der Waals surface area (Å²) >= 11 is 3.17. The third-order valence-corrected chi connectivity index (χ3v) is 1.81. The highest BCUT2D eigenvalue weighted by molar-refractivity contribution is 9.10. The lowest BCUT2D eigenvalue weighted by Crippen LogP contribution is -1.98. The molecule has 2 aromatic rings. The van der Waals surface area contributed by atoms with Crippen molar-refractivity contribution in [2.45, 2.75) is 0 Å². The maximum absolute atomic E-state index is 4.08. The van der Waals surface area contributed by atoms with E-state index >= 15 is 0 Å². The Hall–Kier alpha value is -1.56. The number of nitrogens with zero attached hydrogens (tertiary/aromatic N) is 4. The van der Waals surface area contributed by atoms with Crippen molar-refractivity contribution in [3.63, 3.8) is 0 Å². The molecule has 14 heavy (non-hydrogen) atoms. The van der Waals surface area contributed by atoms with E-state index in [0.717, 1.165) is 0 Å². The summed E-state index contributed by atoms with van der Waals surface area (Å²) in [5, 5.41) is 2.94. The fourth-order valence-electron chi connectivity index (χ4n) is 0.883. The van der Waals surface area contributed by atoms with Crippen molar-refractivity contribution in [3.05, 3.63) is 35.5 Å². The van der Waals surface area contributed by atoms with Gasteiger partial charge in [-0.1, -0.05) is 0 Å². The van der Waals surface area contributed by atoms with E-state index in [1.54, 1.807) is 30.7 Å². The molecule has 2 aromatic heterocycles. The van der Waals surface area contributed by atoms with Crippen LogP contribution in [0.5, 0.6) is 0 Å². The standard InChI is InChI=1S/C8H6BrN5/c9-7-10-5-2-6(13-7)14-8-11-3-1-4-12-8/h1-5H,(H,10,11,12,13,14). The number of anilines is 2. The van der Waals surface area contributed by atoms with Crippen LogP contribution in [0, 0.1) is 0 Å². The van der Waals surface area contributed by atoms with Crippen molar-refractivity contribution >= 4 is 27.7 Å². The van der Waals surface area contributed by atoms with E-state index in [-0.39, 0.29) is 0 Å². The maximum Gasteiger partial charge on any atom is 0.228 e. The Morgan fingerprint density at radius 1 is 1.07 bits per heavy atom. The summed E-state index contributed by atoms with van der Waals surface area (Å²) in [4.78, 5) is 16.0. The van der Waals surface area contributed by atoms with Crippen molar-refractivity contribution in [2.75, 3.05) is 5.32 Å². The molecule has 0 saturated heterocycles. The van der Waals surface area contributed by atoms with Gasteiger partial charge in [-0.05, 0) is 28.1 Å². The summed E-state index contributed by atoms with van der Waals surface area (Å²) in [5.74, 6) is 1.16. The predicted molar refractivity (Wildman–Crippen MR) is 55.0 cm³/mol. The number of halogens is 1. The average molecular weight is 252 g/mol. The van der Waals surface area contributed by atoms with E-state index in [2.05, 4.69) is 41.2 Å². The molecule has 0 aliphatic heterocycles. The molecule has 0 aromatic carbocycles. The lowest BCUT2D eigenvalue weighted by molar-refractivity contribution is 1.09. The van der Waals surface area contributed by atoms with Crippen LogP contribution in [-0.4, -0.2) is 19.9 Å². The Bertz CT molecular complexity index is 419. The zero-order chi connectivity index (χ0) is 9.80. The normalized spacial score (nSPS) is 9.79. The molecule has 0 unspecified atom stereocenters. The van der Waals surface area contributed by atoms with Gasteiger partial charge >= 0.3 is 0 Å². The fourth-order valence-corrected chi connectivity index (χ4v) is 1.19. The van der Waals surface area contributed by atoms with Crippen molar-refractivity contribution in [2.24, 2.45) is 0 Å². The van der Waals surface area contributed by atoms with Gasteiger partial charge in [0, 0.05) is 18.6 Å². The molecule has 0 bridgehead atoms. The van der Waals surface area contributed by atoms with Gasteiger partial charge in [0.2, 0.25) is 5.95 Å². The molecule has 5 nitrogen and oxygen atoms in total. The molecule has 0 saturated carbocycles. The van der Waals surface area contributed by atoms with Gasteiger partial charge < -0.3 is 5.32 Å². The van der Waals surface area contributed by atoms with Crippen molar-refractivity contribution in [3.8, 4) is 0 Å². The smallest absolute Gasteiger partial charge is 0.228 e. The van der Waals surface area contributed by atoms with Crippen LogP contribution < -0.4 is 5.32 Å². The average Bonchev–Trinajstić information content (AvgIpc) is 2.19. The van der Waals surface area contributed by atoms with Crippen LogP contribution in [0.1, 0.15) is 0 Å². The Balaban J connectivity index is 2.19. The van der Waals surface area contributed by atoms with E-state index in [0.29, 0.717) is 16.5 Å². The van der Waals surface area contributed by atoms with E-state index in [1.807, 2.05) is 0 Å². The van der Waals surface area contributed by atoms with Gasteiger partial charge in [0.25, 0.3) is 0 Å². The van der Waals surface area contributed by atoms with Gasteiger partial charge in [-0.15, -0.1) is 0 Å². The van der Waals surface area contributed by atoms with Crippen LogP contribution in [0.2, 0.25) is 0 Å². The van der Waals surface area contributed by atoms with Crippen molar-refractivity contribution in [1.29, 1.82) is 0 Å². The van der Waals surface area contributed by atoms with E-state index in [9.17, 15) is 0 Å². The van der Waals surface area contributed by atoms with Gasteiger partial charge in [-0.2, -0.15) is 0 Å². The zero-order valence-corrected chi connectivity index (χ0v) is 8.64. The molecule has 0 amide bonds. The highest BCUT2D eigenvalue weighted by Crippen LogP contribution is 2.10. The van der Waals surface area contributed by atoms with Crippen LogP contribution in [0.4, 0.5) is 11.8 Å². The highest BCUT2D eigenvalue weighted by Gasteiger charge is 1.97. The lowest BCUT2D eigenvalue weighted by Gasteiger charge is -2.01. The molecule has 70 valence electrons. The highest BCUT2D eigenvalue weighted by atomic mass is 79.9. The van der Waals surface area contributed by atoms with Crippen LogP contribution in [-0.2, 0) is 0 Å². The predicted octanol–water partition coefficient (Wildman–Crippen LogP) is 1.77. The number of rotatable bonds is 2. The number of hydrogen-bond donors (Lipinski definition) is 1. The molecular weight excluding hydrogens is 246 g/mol. The summed E-state index contributed by atoms with van der Waals surface area (Å²) in [7, 11) is 0. The van der Waals surface area contributed by atoms with Gasteiger partial charge in [0.1, 0.15) is 5.82 Å². The molecule has 0 spiro atoms. The summed E-state index contributed by atoms with van der Waals surface area (Å²) in [6, 6.07) is 3.49. The summed E-state index contributed by atoms with van der Waals surface area (Å²) in [5.41, 5.74) is 0. The minimum Gasteiger partial charge on any atom is -0.309 e. The second kappa shape index (κ2) is 4.10. The molecule has 0 radical (unpaired) electrons. The van der Waals surface area contributed by atoms with Gasteiger partial charge in [0.15, 0.2) is 4.73 Å². The Morgan fingerprint density at radius 3 is 2.57 bits per heavy atom. The molecule has 0 aliphatic rings. The lowest BCUT2D eigenvalue weighted by atomic mass is 10.6. The monoisotopic (exact) mass is 251 g/mol. The van der Waals surface area contributed by atoms with Crippen LogP contribution in [0.3, 0.4) is 0 Å². The Morgan fingerprint density at radius 2 is 1.86 bits per heavy atom. The SMILES string of the molecule is Brc1nccc(Nc2ncccn2)n1. The topological polar surface area (TPSA) is 63.6 Å². The number of nitrogens with one attached hydrogen (secondary N) is 1. The summed E-state index contributed by atoms with van der Waals surface area (Å²) < 4.78 is 0.526. The fraction of sp³-hybridized carbons (Fsp3) is 0. The third-order valence-electron chi connectivity index (χ3n) is 1.43. The minimum absolute atomic E-state index is 0.512. The van der Waals surface area contributed by atoms with Gasteiger partial charge in [-0.3, -0.25) is 0 Å². The first-order chi connectivity index (χ1) is 6.84. The molecule has 2 heterocycles. The summed E-state index contributed by atoms with van der Waals surface area (Å²) in [6.07, 6.45) is 4.96. The maximum atomic E-state index is 4.08. The van der Waals surface area contributed by atoms with E-state index in [4.69, 9.17) is 0 Å². The second-order valence-corrected chi connectivity index (χ2v) is 3.12. The van der Waals surface area contributed by atoms with E-state index in [1.165, 1.54) is 0 Å². The first-order valence-electron chi connectivity index (χ1n) is 3.87. The Kier molecular flexibility index (Phi) is 2.64. The first kappa shape index (κ1) is 9.01. The quantitative estimate of drug-likeness (QED) is 0.825. The number of hydrogen-bond acceptors (Lipinski definition) is 5. The second-order valence-electron chi connectivity index (χ2n) is 2.41. The zero-order valence-electron chi connectivity index (χ0n) is 7.05. The van der Waals surface area contributed by atoms with E-state index < -0.39 is 0 Å². The van der Waals surface area contributed by atoms with Crippen LogP contribution in [0.25, 0.3) is 0 Å². The molecule has 1 N–H and O–H groups in total. The van der Waals surface area contributed by atoms with Crippen LogP contribution in [0.15, 0.2) is 35.5 Å². The Labute approximate surface area is 88.8 Å². The number of aromatic nitrogens is 4.